The third kappa shape index (κ3) is 5.22. The van der Waals surface area contributed by atoms with Gasteiger partial charge in [0.25, 0.3) is 11.5 Å². The molecule has 0 atom stereocenters. The highest BCUT2D eigenvalue weighted by molar-refractivity contribution is 5.88. The zero-order chi connectivity index (χ0) is 26.6. The summed E-state index contributed by atoms with van der Waals surface area (Å²) in [7, 11) is 0. The monoisotopic (exact) mass is 507 g/mol. The summed E-state index contributed by atoms with van der Waals surface area (Å²) in [5, 5.41) is 2.38. The van der Waals surface area contributed by atoms with E-state index in [4.69, 9.17) is 9.47 Å². The Morgan fingerprint density at radius 3 is 2.45 bits per heavy atom. The summed E-state index contributed by atoms with van der Waals surface area (Å²) >= 11 is 0. The second kappa shape index (κ2) is 10.8. The largest absolute Gasteiger partial charge is 0.485 e. The summed E-state index contributed by atoms with van der Waals surface area (Å²) in [6.45, 7) is 5.88. The van der Waals surface area contributed by atoms with Gasteiger partial charge in [-0.05, 0) is 48.1 Å². The fraction of sp³-hybridized carbons (Fsp3) is 0.194. The van der Waals surface area contributed by atoms with Crippen molar-refractivity contribution in [2.45, 2.75) is 33.3 Å². The number of fused-ring (bicyclic) bond motifs is 2. The molecule has 38 heavy (non-hydrogen) atoms. The predicted octanol–water partition coefficient (Wildman–Crippen LogP) is 5.71. The van der Waals surface area contributed by atoms with Crippen molar-refractivity contribution < 1.29 is 14.3 Å². The lowest BCUT2D eigenvalue weighted by atomic mass is 10.00. The molecule has 5 rings (SSSR count). The first-order valence-electron chi connectivity index (χ1n) is 12.5. The van der Waals surface area contributed by atoms with Crippen LogP contribution in [0.3, 0.4) is 0 Å². The van der Waals surface area contributed by atoms with Crippen molar-refractivity contribution in [3.05, 3.63) is 112 Å². The number of aryl methyl sites for hydroxylation is 1. The van der Waals surface area contributed by atoms with E-state index in [2.05, 4.69) is 30.3 Å². The zero-order valence-corrected chi connectivity index (χ0v) is 21.6. The minimum atomic E-state index is -0.481. The number of benzene rings is 4. The number of para-hydroxylation sites is 1. The molecule has 0 saturated carbocycles. The second-order valence-electron chi connectivity index (χ2n) is 9.47. The first-order chi connectivity index (χ1) is 18.4. The van der Waals surface area contributed by atoms with Crippen molar-refractivity contribution in [3.8, 4) is 11.5 Å². The molecule has 0 unspecified atom stereocenters. The van der Waals surface area contributed by atoms with Gasteiger partial charge < -0.3 is 9.47 Å². The lowest BCUT2D eigenvalue weighted by molar-refractivity contribution is -0.119. The summed E-state index contributed by atoms with van der Waals surface area (Å²) < 4.78 is 13.1. The first kappa shape index (κ1) is 25.0. The normalized spacial score (nSPS) is 11.2. The van der Waals surface area contributed by atoms with E-state index in [1.807, 2.05) is 67.6 Å². The molecule has 0 saturated heterocycles. The molecule has 4 aromatic carbocycles. The van der Waals surface area contributed by atoms with Crippen LogP contribution in [0.1, 0.15) is 36.7 Å². The van der Waals surface area contributed by atoms with Crippen LogP contribution in [0.25, 0.3) is 21.7 Å². The van der Waals surface area contributed by atoms with Crippen molar-refractivity contribution in [2.24, 2.45) is 0 Å². The van der Waals surface area contributed by atoms with E-state index in [9.17, 15) is 9.59 Å². The van der Waals surface area contributed by atoms with Crippen LogP contribution in [-0.2, 0) is 11.4 Å². The van der Waals surface area contributed by atoms with Crippen molar-refractivity contribution in [2.75, 3.05) is 12.0 Å². The zero-order valence-electron chi connectivity index (χ0n) is 21.6. The van der Waals surface area contributed by atoms with Gasteiger partial charge in [0.2, 0.25) is 0 Å². The van der Waals surface area contributed by atoms with Gasteiger partial charge in [0.1, 0.15) is 18.1 Å². The smallest absolute Gasteiger partial charge is 0.280 e. The second-order valence-corrected chi connectivity index (χ2v) is 9.47. The van der Waals surface area contributed by atoms with Crippen LogP contribution in [0.4, 0.5) is 0 Å². The van der Waals surface area contributed by atoms with Gasteiger partial charge in [-0.3, -0.25) is 15.0 Å². The number of hydrogen-bond acceptors (Lipinski definition) is 5. The lowest BCUT2D eigenvalue weighted by Gasteiger charge is -2.17. The minimum absolute atomic E-state index is 0.0231. The molecule has 0 bridgehead atoms. The highest BCUT2D eigenvalue weighted by Gasteiger charge is 2.16. The average Bonchev–Trinajstić information content (AvgIpc) is 2.93. The fourth-order valence-electron chi connectivity index (χ4n) is 4.41. The van der Waals surface area contributed by atoms with E-state index in [1.165, 1.54) is 0 Å². The molecule has 5 aromatic rings. The number of hydrogen-bond donors (Lipinski definition) is 1. The summed E-state index contributed by atoms with van der Waals surface area (Å²) in [6.07, 6.45) is 0. The van der Waals surface area contributed by atoms with Gasteiger partial charge in [-0.25, -0.2) is 4.98 Å². The predicted molar refractivity (Wildman–Crippen MR) is 149 cm³/mol. The number of ether oxygens (including phenoxy) is 2. The third-order valence-electron chi connectivity index (χ3n) is 6.33. The molecule has 1 amide bonds. The molecule has 1 aromatic heterocycles. The van der Waals surface area contributed by atoms with Gasteiger partial charge in [0.15, 0.2) is 12.4 Å². The molecule has 0 aliphatic carbocycles. The first-order valence-corrected chi connectivity index (χ1v) is 12.5. The van der Waals surface area contributed by atoms with Crippen LogP contribution < -0.4 is 20.5 Å². The van der Waals surface area contributed by atoms with Gasteiger partial charge in [0, 0.05) is 5.39 Å². The number of carbonyl (C=O) groups excluding carboxylic acids is 1. The highest BCUT2D eigenvalue weighted by Crippen LogP contribution is 2.28. The summed E-state index contributed by atoms with van der Waals surface area (Å²) in [6, 6.07) is 26.6. The van der Waals surface area contributed by atoms with Gasteiger partial charge in [-0.15, -0.1) is 0 Å². The lowest BCUT2D eigenvalue weighted by Crippen LogP contribution is -2.38. The van der Waals surface area contributed by atoms with E-state index in [0.29, 0.717) is 22.4 Å². The van der Waals surface area contributed by atoms with Crippen LogP contribution in [0, 0.1) is 6.92 Å². The standard InChI is InChI=1S/C31H29N3O4/c1-20(2)25-17-21(3)15-16-28(25)38-19-30(35)33-34-29(32-26-13-7-6-12-24(26)31(34)36)18-37-27-14-8-10-22-9-4-5-11-23(22)27/h4-17,20H,18-19H2,1-3H3,(H,33,35). The summed E-state index contributed by atoms with van der Waals surface area (Å²) in [5.41, 5.74) is 4.95. The molecule has 7 heteroatoms. The topological polar surface area (TPSA) is 82.4 Å². The van der Waals surface area contributed by atoms with E-state index in [0.717, 1.165) is 26.6 Å². The maximum Gasteiger partial charge on any atom is 0.280 e. The SMILES string of the molecule is Cc1ccc(OCC(=O)Nn2c(COc3cccc4ccccc34)nc3ccccc3c2=O)c(C(C)C)c1. The van der Waals surface area contributed by atoms with Gasteiger partial charge in [-0.1, -0.05) is 80.1 Å². The molecule has 0 aliphatic heterocycles. The van der Waals surface area contributed by atoms with Crippen LogP contribution >= 0.6 is 0 Å². The maximum atomic E-state index is 13.4. The third-order valence-corrected chi connectivity index (χ3v) is 6.33. The van der Waals surface area contributed by atoms with E-state index in [1.54, 1.807) is 18.2 Å². The Morgan fingerprint density at radius 1 is 0.895 bits per heavy atom. The number of nitrogens with one attached hydrogen (secondary N) is 1. The number of amides is 1. The number of carbonyl (C=O) groups is 1. The van der Waals surface area contributed by atoms with Crippen molar-refractivity contribution in [1.29, 1.82) is 0 Å². The Morgan fingerprint density at radius 2 is 1.63 bits per heavy atom. The highest BCUT2D eigenvalue weighted by atomic mass is 16.5. The van der Waals surface area contributed by atoms with Crippen LogP contribution in [-0.4, -0.2) is 22.2 Å². The van der Waals surface area contributed by atoms with E-state index < -0.39 is 11.5 Å². The van der Waals surface area contributed by atoms with Crippen LogP contribution in [0.5, 0.6) is 11.5 Å². The Balaban J connectivity index is 1.41. The van der Waals surface area contributed by atoms with Crippen LogP contribution in [0.2, 0.25) is 0 Å². The van der Waals surface area contributed by atoms with Crippen LogP contribution in [0.15, 0.2) is 89.7 Å². The maximum absolute atomic E-state index is 13.4. The van der Waals surface area contributed by atoms with Crippen molar-refractivity contribution >= 4 is 27.6 Å². The fourth-order valence-corrected chi connectivity index (χ4v) is 4.41. The van der Waals surface area contributed by atoms with Gasteiger partial charge in [-0.2, -0.15) is 4.68 Å². The molecular formula is C31H29N3O4. The van der Waals surface area contributed by atoms with Gasteiger partial charge in [0.05, 0.1) is 10.9 Å². The number of aromatic nitrogens is 2. The minimum Gasteiger partial charge on any atom is -0.485 e. The Kier molecular flexibility index (Phi) is 7.09. The van der Waals surface area contributed by atoms with Crippen molar-refractivity contribution in [1.82, 2.24) is 9.66 Å². The number of nitrogens with zero attached hydrogens (tertiary/aromatic N) is 2. The molecule has 0 radical (unpaired) electrons. The summed E-state index contributed by atoms with van der Waals surface area (Å²) in [4.78, 5) is 31.0. The molecule has 0 spiro atoms. The average molecular weight is 508 g/mol. The molecule has 0 fully saturated rings. The molecule has 192 valence electrons. The molecular weight excluding hydrogens is 478 g/mol. The van der Waals surface area contributed by atoms with Crippen molar-refractivity contribution in [3.63, 3.8) is 0 Å². The molecule has 1 heterocycles. The van der Waals surface area contributed by atoms with E-state index >= 15 is 0 Å². The van der Waals surface area contributed by atoms with Gasteiger partial charge >= 0.3 is 0 Å². The Hall–Kier alpha value is -4.65. The number of rotatable bonds is 8. The summed E-state index contributed by atoms with van der Waals surface area (Å²) in [5.74, 6) is 1.33. The molecule has 7 nitrogen and oxygen atoms in total. The molecule has 1 N–H and O–H groups in total. The molecule has 0 aliphatic rings. The quantitative estimate of drug-likeness (QED) is 0.291. The Bertz CT molecular complexity index is 1690. The van der Waals surface area contributed by atoms with E-state index in [-0.39, 0.29) is 25.0 Å². The Labute approximate surface area is 220 Å².